The Morgan fingerprint density at radius 1 is 1.18 bits per heavy atom. The van der Waals surface area contributed by atoms with E-state index in [1.165, 1.54) is 0 Å². The highest BCUT2D eigenvalue weighted by molar-refractivity contribution is 7.91. The predicted octanol–water partition coefficient (Wildman–Crippen LogP) is 4.58. The lowest BCUT2D eigenvalue weighted by Crippen LogP contribution is -2.51. The molecule has 2 aliphatic heterocycles. The average Bonchev–Trinajstić information content (AvgIpc) is 2.92. The summed E-state index contributed by atoms with van der Waals surface area (Å²) in [7, 11) is 0. The molecular weight excluding hydrogens is 510 g/mol. The minimum absolute atomic E-state index is 0.00225. The van der Waals surface area contributed by atoms with Crippen molar-refractivity contribution in [2.75, 3.05) is 50.9 Å². The summed E-state index contributed by atoms with van der Waals surface area (Å²) in [4.78, 5) is 15.0. The summed E-state index contributed by atoms with van der Waals surface area (Å²) in [5.41, 5.74) is 4.75. The van der Waals surface area contributed by atoms with Crippen LogP contribution in [0.2, 0.25) is 0 Å². The number of quaternary nitrogens is 1. The number of amides is 1. The molecule has 1 aromatic rings. The van der Waals surface area contributed by atoms with Gasteiger partial charge in [-0.05, 0) is 43.1 Å². The SMILES string of the molecule is C=C(/C=C(\C(C)=C\C(=O)NC/C=C/CC)N(CC)C1CC[S+]([O-])CC1)c1ccc(C[N+]2(O)CCOCC2)cc1. The number of ether oxygens (including phenoxy) is 1. The highest BCUT2D eigenvalue weighted by Crippen LogP contribution is 2.28. The smallest absolute Gasteiger partial charge is 0.244 e. The summed E-state index contributed by atoms with van der Waals surface area (Å²) >= 11 is -0.742. The molecule has 0 spiro atoms. The van der Waals surface area contributed by atoms with E-state index < -0.39 is 11.2 Å². The standard InChI is InChI=1S/C31H45N3O4S/c1-5-7-8-15-32-31(35)23-26(4)30(33(6-2)29-13-20-39(37)21-14-29)22-25(3)28-11-9-27(10-12-28)24-34(36)16-18-38-19-17-34/h7-12,22-23,29,36H,3,5-6,13-21,24H2,1-2,4H3/p+1/b8-7+,26-23+,30-22+. The van der Waals surface area contributed by atoms with Gasteiger partial charge in [0, 0.05) is 49.3 Å². The monoisotopic (exact) mass is 556 g/mol. The molecule has 3 rings (SSSR count). The second-order valence-electron chi connectivity index (χ2n) is 10.4. The molecule has 7 nitrogen and oxygen atoms in total. The number of likely N-dealkylation sites (N-methyl/N-ethyl adjacent to an activating group) is 1. The molecule has 0 saturated carbocycles. The van der Waals surface area contributed by atoms with E-state index in [9.17, 15) is 14.6 Å². The van der Waals surface area contributed by atoms with Gasteiger partial charge in [0.15, 0.2) is 0 Å². The minimum Gasteiger partial charge on any atom is -0.616 e. The van der Waals surface area contributed by atoms with E-state index in [1.54, 1.807) is 6.08 Å². The average molecular weight is 557 g/mol. The second kappa shape index (κ2) is 15.4. The number of hydrogen-bond acceptors (Lipinski definition) is 5. The van der Waals surface area contributed by atoms with E-state index in [1.807, 2.05) is 43.3 Å². The van der Waals surface area contributed by atoms with Gasteiger partial charge in [-0.2, -0.15) is 4.65 Å². The molecule has 0 bridgehead atoms. The summed E-state index contributed by atoms with van der Waals surface area (Å²) in [5, 5.41) is 13.8. The second-order valence-corrected chi connectivity index (χ2v) is 12.1. The first-order valence-electron chi connectivity index (χ1n) is 14.1. The molecule has 1 aromatic carbocycles. The lowest BCUT2D eigenvalue weighted by Gasteiger charge is -2.37. The summed E-state index contributed by atoms with van der Waals surface area (Å²) < 4.78 is 17.4. The molecule has 2 saturated heterocycles. The van der Waals surface area contributed by atoms with Crippen LogP contribution in [0, 0.1) is 0 Å². The van der Waals surface area contributed by atoms with Crippen LogP contribution in [0.25, 0.3) is 5.57 Å². The van der Waals surface area contributed by atoms with Gasteiger partial charge in [0.2, 0.25) is 5.91 Å². The van der Waals surface area contributed by atoms with E-state index in [2.05, 4.69) is 36.7 Å². The Hall–Kier alpha value is -2.36. The van der Waals surface area contributed by atoms with Gasteiger partial charge in [-0.1, -0.05) is 61.1 Å². The van der Waals surface area contributed by atoms with E-state index >= 15 is 0 Å². The van der Waals surface area contributed by atoms with Gasteiger partial charge in [-0.15, -0.1) is 0 Å². The van der Waals surface area contributed by atoms with Crippen LogP contribution in [0.5, 0.6) is 0 Å². The van der Waals surface area contributed by atoms with Gasteiger partial charge in [0.1, 0.15) is 31.1 Å². The number of nitrogens with zero attached hydrogens (tertiary/aromatic N) is 2. The van der Waals surface area contributed by atoms with Crippen LogP contribution in [0.3, 0.4) is 0 Å². The topological polar surface area (TPSA) is 84.9 Å². The summed E-state index contributed by atoms with van der Waals surface area (Å²) in [6.07, 6.45) is 10.4. The highest BCUT2D eigenvalue weighted by atomic mass is 32.2. The zero-order valence-electron chi connectivity index (χ0n) is 23.9. The number of carbonyl (C=O) groups excluding carboxylic acids is 1. The third kappa shape index (κ3) is 9.65. The molecule has 0 aromatic heterocycles. The largest absolute Gasteiger partial charge is 0.616 e. The van der Waals surface area contributed by atoms with Crippen molar-refractivity contribution in [3.05, 3.63) is 77.5 Å². The zero-order valence-corrected chi connectivity index (χ0v) is 24.7. The zero-order chi connectivity index (χ0) is 28.3. The van der Waals surface area contributed by atoms with Crippen LogP contribution in [-0.2, 0) is 27.3 Å². The number of rotatable bonds is 12. The first kappa shape index (κ1) is 31.2. The fourth-order valence-electron chi connectivity index (χ4n) is 5.13. The fourth-order valence-corrected chi connectivity index (χ4v) is 6.40. The molecule has 0 radical (unpaired) electrons. The van der Waals surface area contributed by atoms with Crippen molar-refractivity contribution < 1.29 is 23.9 Å². The molecule has 39 heavy (non-hydrogen) atoms. The maximum atomic E-state index is 12.7. The molecule has 1 amide bonds. The first-order chi connectivity index (χ1) is 18.7. The van der Waals surface area contributed by atoms with Gasteiger partial charge in [0.25, 0.3) is 0 Å². The van der Waals surface area contributed by atoms with Crippen molar-refractivity contribution in [2.24, 2.45) is 0 Å². The van der Waals surface area contributed by atoms with Crippen LogP contribution in [0.4, 0.5) is 0 Å². The van der Waals surface area contributed by atoms with Crippen LogP contribution in [-0.4, -0.2) is 82.2 Å². The molecule has 0 aliphatic carbocycles. The summed E-state index contributed by atoms with van der Waals surface area (Å²) in [6, 6.07) is 8.46. The van der Waals surface area contributed by atoms with Gasteiger partial charge in [-0.3, -0.25) is 4.79 Å². The maximum Gasteiger partial charge on any atom is 0.244 e. The maximum absolute atomic E-state index is 12.7. The Morgan fingerprint density at radius 2 is 1.85 bits per heavy atom. The molecule has 2 N–H and O–H groups in total. The molecule has 2 fully saturated rings. The number of nitrogens with one attached hydrogen (secondary N) is 1. The van der Waals surface area contributed by atoms with Crippen LogP contribution >= 0.6 is 0 Å². The summed E-state index contributed by atoms with van der Waals surface area (Å²) in [5.74, 6) is 1.29. The third-order valence-corrected chi connectivity index (χ3v) is 8.79. The first-order valence-corrected chi connectivity index (χ1v) is 15.6. The van der Waals surface area contributed by atoms with E-state index in [0.717, 1.165) is 53.8 Å². The van der Waals surface area contributed by atoms with Gasteiger partial charge >= 0.3 is 0 Å². The quantitative estimate of drug-likeness (QED) is 0.129. The van der Waals surface area contributed by atoms with Crippen molar-refractivity contribution in [1.82, 2.24) is 10.2 Å². The number of allylic oxidation sites excluding steroid dienone is 4. The Bertz CT molecular complexity index is 1040. The third-order valence-electron chi connectivity index (χ3n) is 7.41. The van der Waals surface area contributed by atoms with Crippen LogP contribution < -0.4 is 5.32 Å². The normalized spacial score (nSPS) is 22.1. The van der Waals surface area contributed by atoms with E-state index in [0.29, 0.717) is 50.9 Å². The van der Waals surface area contributed by atoms with Crippen molar-refractivity contribution in [3.8, 4) is 0 Å². The molecule has 214 valence electrons. The molecule has 0 atom stereocenters. The Balaban J connectivity index is 1.82. The molecule has 0 unspecified atom stereocenters. The van der Waals surface area contributed by atoms with Gasteiger partial charge in [0.05, 0.1) is 13.2 Å². The number of hydroxylamine groups is 3. The Labute approximate surface area is 237 Å². The fraction of sp³-hybridized carbons (Fsp3) is 0.516. The van der Waals surface area contributed by atoms with Gasteiger partial charge < -0.3 is 19.5 Å². The summed E-state index contributed by atoms with van der Waals surface area (Å²) in [6.45, 7) is 14.7. The van der Waals surface area contributed by atoms with E-state index in [4.69, 9.17) is 4.74 Å². The molecular formula is C31H46N3O4S+. The van der Waals surface area contributed by atoms with Crippen molar-refractivity contribution in [2.45, 2.75) is 52.6 Å². The van der Waals surface area contributed by atoms with E-state index in [-0.39, 0.29) is 16.6 Å². The lowest BCUT2D eigenvalue weighted by molar-refractivity contribution is -1.12. The number of morpholine rings is 1. The predicted molar refractivity (Wildman–Crippen MR) is 159 cm³/mol. The Kier molecular flexibility index (Phi) is 12.3. The molecule has 8 heteroatoms. The number of hydrogen-bond donors (Lipinski definition) is 2. The Morgan fingerprint density at radius 3 is 2.46 bits per heavy atom. The van der Waals surface area contributed by atoms with Crippen molar-refractivity contribution in [1.29, 1.82) is 0 Å². The molecule has 2 aliphatic rings. The minimum atomic E-state index is -0.742. The highest BCUT2D eigenvalue weighted by Gasteiger charge is 2.30. The molecule has 2 heterocycles. The number of carbonyl (C=O) groups is 1. The van der Waals surface area contributed by atoms with Gasteiger partial charge in [-0.25, -0.2) is 5.21 Å². The van der Waals surface area contributed by atoms with Crippen molar-refractivity contribution in [3.63, 3.8) is 0 Å². The number of benzene rings is 1. The van der Waals surface area contributed by atoms with Crippen LogP contribution in [0.1, 0.15) is 51.2 Å². The lowest BCUT2D eigenvalue weighted by atomic mass is 10.00. The van der Waals surface area contributed by atoms with Crippen molar-refractivity contribution >= 4 is 22.7 Å². The van der Waals surface area contributed by atoms with Crippen LogP contribution in [0.15, 0.2) is 66.4 Å².